The first-order valence-electron chi connectivity index (χ1n) is 12.1. The number of carbonyl (C=O) groups is 1. The Hall–Kier alpha value is -2.18. The van der Waals surface area contributed by atoms with Crippen LogP contribution in [0.15, 0.2) is 36.7 Å². The second-order valence-corrected chi connectivity index (χ2v) is 10.7. The van der Waals surface area contributed by atoms with Crippen molar-refractivity contribution in [1.29, 1.82) is 0 Å². The van der Waals surface area contributed by atoms with Crippen LogP contribution in [0.2, 0.25) is 0 Å². The van der Waals surface area contributed by atoms with Crippen molar-refractivity contribution in [3.05, 3.63) is 47.1 Å². The first kappa shape index (κ1) is 21.7. The highest BCUT2D eigenvalue weighted by Gasteiger charge is 2.28. The van der Waals surface area contributed by atoms with Crippen molar-refractivity contribution in [2.24, 2.45) is 11.8 Å². The summed E-state index contributed by atoms with van der Waals surface area (Å²) < 4.78 is 0. The summed E-state index contributed by atoms with van der Waals surface area (Å²) in [4.78, 5) is 26.9. The number of aromatic nitrogens is 2. The average Bonchev–Trinajstić information content (AvgIpc) is 3.48. The van der Waals surface area contributed by atoms with E-state index >= 15 is 0 Å². The Labute approximate surface area is 194 Å². The molecule has 0 spiro atoms. The van der Waals surface area contributed by atoms with Crippen LogP contribution in [0.1, 0.15) is 53.8 Å². The Morgan fingerprint density at radius 1 is 1.16 bits per heavy atom. The van der Waals surface area contributed by atoms with Gasteiger partial charge in [0.2, 0.25) is 0 Å². The lowest BCUT2D eigenvalue weighted by molar-refractivity contribution is 0.0935. The number of H-pyrrole nitrogens is 1. The largest absolute Gasteiger partial charge is 0.361 e. The van der Waals surface area contributed by atoms with Crippen LogP contribution in [-0.2, 0) is 6.42 Å². The van der Waals surface area contributed by atoms with Crippen LogP contribution in [0.25, 0.3) is 10.9 Å². The molecule has 2 aliphatic rings. The lowest BCUT2D eigenvalue weighted by atomic mass is 9.75. The minimum absolute atomic E-state index is 0.276. The number of para-hydroxylation sites is 1. The Morgan fingerprint density at radius 2 is 1.94 bits per heavy atom. The molecule has 0 bridgehead atoms. The summed E-state index contributed by atoms with van der Waals surface area (Å²) in [7, 11) is 2.16. The van der Waals surface area contributed by atoms with Crippen LogP contribution in [0.4, 0.5) is 5.13 Å². The molecule has 170 valence electrons. The molecule has 1 N–H and O–H groups in total. The minimum Gasteiger partial charge on any atom is -0.361 e. The normalized spacial score (nSPS) is 19.5. The van der Waals surface area contributed by atoms with Gasteiger partial charge in [0.05, 0.1) is 11.1 Å². The zero-order valence-electron chi connectivity index (χ0n) is 19.1. The summed E-state index contributed by atoms with van der Waals surface area (Å²) in [5, 5.41) is 2.31. The van der Waals surface area contributed by atoms with Crippen LogP contribution in [0.5, 0.6) is 0 Å². The number of likely N-dealkylation sites (N-methyl/N-ethyl adjacent to an activating group) is 1. The molecule has 1 unspecified atom stereocenters. The van der Waals surface area contributed by atoms with Gasteiger partial charge in [0, 0.05) is 49.7 Å². The van der Waals surface area contributed by atoms with Gasteiger partial charge >= 0.3 is 0 Å². The van der Waals surface area contributed by atoms with Gasteiger partial charge in [-0.1, -0.05) is 61.6 Å². The number of anilines is 1. The molecule has 1 aliphatic heterocycles. The number of rotatable bonds is 7. The zero-order chi connectivity index (χ0) is 21.9. The minimum atomic E-state index is 0.276. The van der Waals surface area contributed by atoms with E-state index in [1.54, 1.807) is 11.3 Å². The van der Waals surface area contributed by atoms with Crippen LogP contribution in [-0.4, -0.2) is 53.9 Å². The summed E-state index contributed by atoms with van der Waals surface area (Å²) >= 11 is 1.59. The van der Waals surface area contributed by atoms with E-state index in [0.29, 0.717) is 18.3 Å². The van der Waals surface area contributed by atoms with Gasteiger partial charge in [-0.05, 0) is 36.9 Å². The highest BCUT2D eigenvalue weighted by atomic mass is 32.1. The molecule has 3 aromatic rings. The molecule has 32 heavy (non-hydrogen) atoms. The summed E-state index contributed by atoms with van der Waals surface area (Å²) in [6, 6.07) is 8.52. The number of ketones is 1. The van der Waals surface area contributed by atoms with Crippen LogP contribution < -0.4 is 4.90 Å². The number of carbonyl (C=O) groups excluding carboxylic acids is 1. The molecule has 1 aromatic carbocycles. The molecule has 1 saturated heterocycles. The average molecular weight is 451 g/mol. The van der Waals surface area contributed by atoms with E-state index in [1.807, 2.05) is 6.20 Å². The maximum absolute atomic E-state index is 13.4. The summed E-state index contributed by atoms with van der Waals surface area (Å²) in [6.45, 7) is 4.08. The predicted molar refractivity (Wildman–Crippen MR) is 133 cm³/mol. The maximum Gasteiger partial charge on any atom is 0.186 e. The zero-order valence-corrected chi connectivity index (χ0v) is 19.9. The summed E-state index contributed by atoms with van der Waals surface area (Å²) in [6.07, 6.45) is 12.1. The van der Waals surface area contributed by atoms with Crippen molar-refractivity contribution in [3.63, 3.8) is 0 Å². The number of hydrogen-bond donors (Lipinski definition) is 1. The van der Waals surface area contributed by atoms with Crippen molar-refractivity contribution >= 4 is 33.2 Å². The van der Waals surface area contributed by atoms with Crippen molar-refractivity contribution < 1.29 is 4.79 Å². The summed E-state index contributed by atoms with van der Waals surface area (Å²) in [5.41, 5.74) is 2.54. The number of aromatic amines is 1. The number of nitrogens with one attached hydrogen (secondary N) is 1. The van der Waals surface area contributed by atoms with E-state index in [1.165, 1.54) is 48.6 Å². The van der Waals surface area contributed by atoms with Gasteiger partial charge in [-0.3, -0.25) is 4.79 Å². The molecule has 0 radical (unpaired) electrons. The van der Waals surface area contributed by atoms with E-state index < -0.39 is 0 Å². The third-order valence-corrected chi connectivity index (χ3v) is 8.56. The van der Waals surface area contributed by atoms with Gasteiger partial charge in [0.1, 0.15) is 0 Å². The molecule has 1 aliphatic carbocycles. The molecule has 1 atom stereocenters. The Morgan fingerprint density at radius 3 is 2.75 bits per heavy atom. The molecular weight excluding hydrogens is 416 g/mol. The third kappa shape index (κ3) is 4.76. The van der Waals surface area contributed by atoms with Crippen LogP contribution in [0.3, 0.4) is 0 Å². The van der Waals surface area contributed by atoms with E-state index in [2.05, 4.69) is 57.3 Å². The molecule has 0 amide bonds. The smallest absolute Gasteiger partial charge is 0.186 e. The van der Waals surface area contributed by atoms with Gasteiger partial charge in [-0.25, -0.2) is 4.98 Å². The number of thiazole rings is 1. The highest BCUT2D eigenvalue weighted by Crippen LogP contribution is 2.36. The number of nitrogens with zero attached hydrogens (tertiary/aromatic N) is 3. The Bertz CT molecular complexity index is 1040. The molecule has 3 heterocycles. The topological polar surface area (TPSA) is 52.2 Å². The van der Waals surface area contributed by atoms with Gasteiger partial charge in [0.15, 0.2) is 10.9 Å². The second kappa shape index (κ2) is 9.75. The first-order chi connectivity index (χ1) is 15.7. The van der Waals surface area contributed by atoms with Crippen molar-refractivity contribution in [2.75, 3.05) is 38.1 Å². The predicted octanol–water partition coefficient (Wildman–Crippen LogP) is 5.39. The molecule has 5 nitrogen and oxygen atoms in total. The number of fused-ring (bicyclic) bond motifs is 1. The molecule has 5 rings (SSSR count). The van der Waals surface area contributed by atoms with Gasteiger partial charge in [0.25, 0.3) is 0 Å². The number of hydrogen-bond acceptors (Lipinski definition) is 5. The van der Waals surface area contributed by atoms with Gasteiger partial charge in [-0.2, -0.15) is 0 Å². The fraction of sp³-hybridized carbons (Fsp3) is 0.538. The lowest BCUT2D eigenvalue weighted by Gasteiger charge is -2.32. The highest BCUT2D eigenvalue weighted by molar-refractivity contribution is 7.17. The monoisotopic (exact) mass is 450 g/mol. The fourth-order valence-corrected chi connectivity index (χ4v) is 6.39. The van der Waals surface area contributed by atoms with E-state index in [0.717, 1.165) is 42.6 Å². The lowest BCUT2D eigenvalue weighted by Crippen LogP contribution is -2.44. The Balaban J connectivity index is 1.31. The number of piperazine rings is 1. The van der Waals surface area contributed by atoms with Crippen LogP contribution in [0, 0.1) is 11.8 Å². The third-order valence-electron chi connectivity index (χ3n) is 7.46. The maximum atomic E-state index is 13.4. The summed E-state index contributed by atoms with van der Waals surface area (Å²) in [5.74, 6) is 1.32. The van der Waals surface area contributed by atoms with Gasteiger partial charge < -0.3 is 14.8 Å². The molecule has 1 saturated carbocycles. The SMILES string of the molecule is CN1CCN(c2ncc(C(=O)CC(Cc3c[nH]c4ccccc34)C3CCCCC3)s2)CC1. The molecule has 2 fully saturated rings. The Kier molecular flexibility index (Phi) is 6.60. The molecular formula is C26H34N4OS. The molecule has 2 aromatic heterocycles. The van der Waals surface area contributed by atoms with E-state index in [9.17, 15) is 4.79 Å². The van der Waals surface area contributed by atoms with Crippen molar-refractivity contribution in [3.8, 4) is 0 Å². The van der Waals surface area contributed by atoms with Crippen molar-refractivity contribution in [1.82, 2.24) is 14.9 Å². The fourth-order valence-electron chi connectivity index (χ4n) is 5.47. The second-order valence-electron chi connectivity index (χ2n) is 9.65. The van der Waals surface area contributed by atoms with E-state index in [4.69, 9.17) is 0 Å². The number of benzene rings is 1. The first-order valence-corrected chi connectivity index (χ1v) is 13.0. The van der Waals surface area contributed by atoms with Crippen LogP contribution >= 0.6 is 11.3 Å². The van der Waals surface area contributed by atoms with Crippen molar-refractivity contribution in [2.45, 2.75) is 44.9 Å². The quantitative estimate of drug-likeness (QED) is 0.491. The molecule has 6 heteroatoms. The number of Topliss-reactive ketones (excluding diaryl/α,β-unsaturated/α-hetero) is 1. The standard InChI is InChI=1S/C26H34N4OS/c1-29-11-13-30(14-12-29)26-28-18-25(32-26)24(31)16-20(19-7-3-2-4-8-19)15-21-17-27-23-10-6-5-9-22(21)23/h5-6,9-10,17-20,27H,2-4,7-8,11-16H2,1H3. The van der Waals surface area contributed by atoms with Gasteiger partial charge in [-0.15, -0.1) is 0 Å². The van der Waals surface area contributed by atoms with E-state index in [-0.39, 0.29) is 5.78 Å².